The molecule has 1 aromatic heterocycles. The Morgan fingerprint density at radius 1 is 1.43 bits per heavy atom. The van der Waals surface area contributed by atoms with Gasteiger partial charge in [0, 0.05) is 29.7 Å². The quantitative estimate of drug-likeness (QED) is 0.849. The molecule has 5 heteroatoms. The number of nitrogens with one attached hydrogen (secondary N) is 1. The highest BCUT2D eigenvalue weighted by Gasteiger charge is 2.29. The number of rotatable bonds is 3. The second-order valence-electron chi connectivity index (χ2n) is 5.66. The molecule has 1 aromatic carbocycles. The molecular weight excluding hydrogens is 264 g/mol. The molecule has 2 atom stereocenters. The Labute approximate surface area is 124 Å². The van der Waals surface area contributed by atoms with E-state index in [0.717, 1.165) is 24.8 Å². The second-order valence-corrected chi connectivity index (χ2v) is 5.66. The molecule has 0 radical (unpaired) electrons. The third kappa shape index (κ3) is 2.77. The van der Waals surface area contributed by atoms with Crippen molar-refractivity contribution in [3.05, 3.63) is 48.0 Å². The molecule has 1 aliphatic carbocycles. The molecular formula is C16H20N4O. The van der Waals surface area contributed by atoms with Crippen LogP contribution < -0.4 is 11.1 Å². The monoisotopic (exact) mass is 284 g/mol. The second kappa shape index (κ2) is 5.60. The van der Waals surface area contributed by atoms with Gasteiger partial charge in [0.1, 0.15) is 0 Å². The van der Waals surface area contributed by atoms with Crippen LogP contribution in [-0.2, 0) is 0 Å². The fraction of sp³-hybridized carbons (Fsp3) is 0.375. The number of nitrogens with two attached hydrogens (primary N) is 1. The topological polar surface area (TPSA) is 72.9 Å². The van der Waals surface area contributed by atoms with Crippen LogP contribution in [0.2, 0.25) is 0 Å². The highest BCUT2D eigenvalue weighted by Crippen LogP contribution is 2.30. The Hall–Kier alpha value is -2.30. The maximum Gasteiger partial charge on any atom is 0.251 e. The van der Waals surface area contributed by atoms with Crippen LogP contribution in [0.1, 0.15) is 41.2 Å². The van der Waals surface area contributed by atoms with Crippen LogP contribution in [0.3, 0.4) is 0 Å². The SMILES string of the molecule is Cc1cc(C(=O)NC2CCCC2n2ccnc2)ccc1N. The minimum Gasteiger partial charge on any atom is -0.399 e. The van der Waals surface area contributed by atoms with Crippen LogP contribution in [0.4, 0.5) is 5.69 Å². The Morgan fingerprint density at radius 2 is 2.29 bits per heavy atom. The molecule has 110 valence electrons. The fourth-order valence-corrected chi connectivity index (χ4v) is 3.00. The third-order valence-corrected chi connectivity index (χ3v) is 4.24. The van der Waals surface area contributed by atoms with E-state index in [4.69, 9.17) is 5.73 Å². The van der Waals surface area contributed by atoms with E-state index >= 15 is 0 Å². The van der Waals surface area contributed by atoms with E-state index in [9.17, 15) is 4.79 Å². The van der Waals surface area contributed by atoms with Gasteiger partial charge in [-0.1, -0.05) is 0 Å². The first-order chi connectivity index (χ1) is 10.1. The number of benzene rings is 1. The molecule has 1 saturated carbocycles. The smallest absolute Gasteiger partial charge is 0.251 e. The molecule has 1 heterocycles. The molecule has 3 rings (SSSR count). The molecule has 2 aromatic rings. The molecule has 2 unspecified atom stereocenters. The van der Waals surface area contributed by atoms with Crippen molar-refractivity contribution >= 4 is 11.6 Å². The van der Waals surface area contributed by atoms with Gasteiger partial charge < -0.3 is 15.6 Å². The molecule has 1 fully saturated rings. The summed E-state index contributed by atoms with van der Waals surface area (Å²) < 4.78 is 2.09. The van der Waals surface area contributed by atoms with E-state index < -0.39 is 0 Å². The van der Waals surface area contributed by atoms with Gasteiger partial charge in [-0.2, -0.15) is 0 Å². The Kier molecular flexibility index (Phi) is 3.64. The third-order valence-electron chi connectivity index (χ3n) is 4.24. The lowest BCUT2D eigenvalue weighted by Gasteiger charge is -2.22. The number of hydrogen-bond donors (Lipinski definition) is 2. The highest BCUT2D eigenvalue weighted by atomic mass is 16.1. The summed E-state index contributed by atoms with van der Waals surface area (Å²) in [6.07, 6.45) is 8.75. The molecule has 3 N–H and O–H groups in total. The first kappa shape index (κ1) is 13.7. The molecule has 5 nitrogen and oxygen atoms in total. The summed E-state index contributed by atoms with van der Waals surface area (Å²) in [5, 5.41) is 3.15. The van der Waals surface area contributed by atoms with Gasteiger partial charge in [0.05, 0.1) is 12.4 Å². The van der Waals surface area contributed by atoms with Gasteiger partial charge in [-0.15, -0.1) is 0 Å². The minimum absolute atomic E-state index is 0.0323. The number of carbonyl (C=O) groups is 1. The average Bonchev–Trinajstić information content (AvgIpc) is 3.12. The largest absolute Gasteiger partial charge is 0.399 e. The van der Waals surface area contributed by atoms with Gasteiger partial charge in [0.15, 0.2) is 0 Å². The van der Waals surface area contributed by atoms with E-state index in [0.29, 0.717) is 17.3 Å². The fourth-order valence-electron chi connectivity index (χ4n) is 3.00. The van der Waals surface area contributed by atoms with Crippen LogP contribution in [0.15, 0.2) is 36.9 Å². The number of nitrogen functional groups attached to an aromatic ring is 1. The van der Waals surface area contributed by atoms with E-state index in [-0.39, 0.29) is 11.9 Å². The van der Waals surface area contributed by atoms with Gasteiger partial charge in [0.2, 0.25) is 0 Å². The van der Waals surface area contributed by atoms with Gasteiger partial charge in [-0.25, -0.2) is 4.98 Å². The van der Waals surface area contributed by atoms with E-state index in [2.05, 4.69) is 14.9 Å². The standard InChI is InChI=1S/C16H20N4O/c1-11-9-12(5-6-13(11)17)16(21)19-14-3-2-4-15(14)20-8-7-18-10-20/h5-10,14-15H,2-4,17H2,1H3,(H,19,21). The number of hydrogen-bond acceptors (Lipinski definition) is 3. The maximum absolute atomic E-state index is 12.4. The first-order valence-electron chi connectivity index (χ1n) is 7.29. The van der Waals surface area contributed by atoms with E-state index in [1.54, 1.807) is 18.3 Å². The van der Waals surface area contributed by atoms with Crippen molar-refractivity contribution in [3.8, 4) is 0 Å². The van der Waals surface area contributed by atoms with Gasteiger partial charge in [-0.05, 0) is 49.9 Å². The number of anilines is 1. The molecule has 0 bridgehead atoms. The zero-order chi connectivity index (χ0) is 14.8. The van der Waals surface area contributed by atoms with E-state index in [1.807, 2.05) is 25.5 Å². The predicted molar refractivity (Wildman–Crippen MR) is 82.0 cm³/mol. The van der Waals surface area contributed by atoms with Crippen molar-refractivity contribution in [1.82, 2.24) is 14.9 Å². The number of imidazole rings is 1. The van der Waals surface area contributed by atoms with Crippen molar-refractivity contribution in [3.63, 3.8) is 0 Å². The normalized spacial score (nSPS) is 21.4. The highest BCUT2D eigenvalue weighted by molar-refractivity contribution is 5.95. The van der Waals surface area contributed by atoms with Crippen LogP contribution in [0.25, 0.3) is 0 Å². The van der Waals surface area contributed by atoms with Gasteiger partial charge >= 0.3 is 0 Å². The summed E-state index contributed by atoms with van der Waals surface area (Å²) >= 11 is 0. The summed E-state index contributed by atoms with van der Waals surface area (Å²) in [5.74, 6) is -0.0323. The zero-order valence-electron chi connectivity index (χ0n) is 12.1. The van der Waals surface area contributed by atoms with Crippen LogP contribution in [0.5, 0.6) is 0 Å². The number of aromatic nitrogens is 2. The number of carbonyl (C=O) groups excluding carboxylic acids is 1. The summed E-state index contributed by atoms with van der Waals surface area (Å²) in [4.78, 5) is 16.5. The lowest BCUT2D eigenvalue weighted by Crippen LogP contribution is -2.38. The first-order valence-corrected chi connectivity index (χ1v) is 7.29. The maximum atomic E-state index is 12.4. The average molecular weight is 284 g/mol. The summed E-state index contributed by atoms with van der Waals surface area (Å²) in [6, 6.07) is 5.85. The zero-order valence-corrected chi connectivity index (χ0v) is 12.1. The van der Waals surface area contributed by atoms with Crippen LogP contribution in [-0.4, -0.2) is 21.5 Å². The molecule has 21 heavy (non-hydrogen) atoms. The molecule has 1 amide bonds. The number of nitrogens with zero attached hydrogens (tertiary/aromatic N) is 2. The van der Waals surface area contributed by atoms with Gasteiger partial charge in [-0.3, -0.25) is 4.79 Å². The summed E-state index contributed by atoms with van der Waals surface area (Å²) in [7, 11) is 0. The Balaban J connectivity index is 1.73. The van der Waals surface area contributed by atoms with Crippen molar-refractivity contribution in [1.29, 1.82) is 0 Å². The molecule has 0 aliphatic heterocycles. The van der Waals surface area contributed by atoms with Crippen LogP contribution >= 0.6 is 0 Å². The number of amides is 1. The predicted octanol–water partition coefficient (Wildman–Crippen LogP) is 2.30. The van der Waals surface area contributed by atoms with Crippen molar-refractivity contribution < 1.29 is 4.79 Å². The molecule has 0 spiro atoms. The summed E-state index contributed by atoms with van der Waals surface area (Å²) in [5.41, 5.74) is 8.10. The number of aryl methyl sites for hydroxylation is 1. The Bertz CT molecular complexity index is 636. The molecule has 1 aliphatic rings. The minimum atomic E-state index is -0.0323. The van der Waals surface area contributed by atoms with Crippen LogP contribution in [0, 0.1) is 6.92 Å². The lowest BCUT2D eigenvalue weighted by atomic mass is 10.1. The molecule has 0 saturated heterocycles. The van der Waals surface area contributed by atoms with Gasteiger partial charge in [0.25, 0.3) is 5.91 Å². The Morgan fingerprint density at radius 3 is 3.00 bits per heavy atom. The van der Waals surface area contributed by atoms with Crippen molar-refractivity contribution in [2.75, 3.05) is 5.73 Å². The lowest BCUT2D eigenvalue weighted by molar-refractivity contribution is 0.0929. The summed E-state index contributed by atoms with van der Waals surface area (Å²) in [6.45, 7) is 1.91. The van der Waals surface area contributed by atoms with Crippen molar-refractivity contribution in [2.24, 2.45) is 0 Å². The van der Waals surface area contributed by atoms with E-state index in [1.165, 1.54) is 0 Å². The van der Waals surface area contributed by atoms with Crippen molar-refractivity contribution in [2.45, 2.75) is 38.3 Å².